The van der Waals surface area contributed by atoms with Gasteiger partial charge in [0.1, 0.15) is 0 Å². The van der Waals surface area contributed by atoms with Gasteiger partial charge in [-0.15, -0.1) is 0 Å². The molecule has 2 heterocycles. The van der Waals surface area contributed by atoms with E-state index in [1.54, 1.807) is 18.2 Å². The lowest BCUT2D eigenvalue weighted by Crippen LogP contribution is -2.52. The van der Waals surface area contributed by atoms with Crippen molar-refractivity contribution in [3.63, 3.8) is 0 Å². The summed E-state index contributed by atoms with van der Waals surface area (Å²) in [5, 5.41) is 5.01. The lowest BCUT2D eigenvalue weighted by atomic mass is 9.91. The van der Waals surface area contributed by atoms with Crippen molar-refractivity contribution in [2.75, 3.05) is 4.90 Å². The number of nitrogens with zero attached hydrogens (tertiary/aromatic N) is 1. The molecule has 4 rings (SSSR count). The van der Waals surface area contributed by atoms with Gasteiger partial charge in [-0.05, 0) is 23.8 Å². The average Bonchev–Trinajstić information content (AvgIpc) is 2.98. The minimum atomic E-state index is -1.74. The highest BCUT2D eigenvalue weighted by Crippen LogP contribution is 2.43. The third-order valence-corrected chi connectivity index (χ3v) is 4.51. The minimum Gasteiger partial charge on any atom is -0.312 e. The van der Waals surface area contributed by atoms with Crippen LogP contribution in [0.2, 0.25) is 5.02 Å². The Balaban J connectivity index is 1.85. The molecule has 120 valence electrons. The summed E-state index contributed by atoms with van der Waals surface area (Å²) in [5.74, 6) is -1.18. The van der Waals surface area contributed by atoms with Crippen LogP contribution >= 0.6 is 11.6 Å². The van der Waals surface area contributed by atoms with Crippen LogP contribution in [0.15, 0.2) is 48.5 Å². The molecule has 7 heteroatoms. The smallest absolute Gasteiger partial charge is 0.312 e. The number of halogens is 1. The number of urea groups is 1. The van der Waals surface area contributed by atoms with Gasteiger partial charge in [-0.3, -0.25) is 14.9 Å². The van der Waals surface area contributed by atoms with Crippen LogP contribution in [0.1, 0.15) is 11.1 Å². The van der Waals surface area contributed by atoms with Gasteiger partial charge < -0.3 is 10.2 Å². The fraction of sp³-hybridized carbons (Fsp3) is 0.118. The number of amides is 4. The van der Waals surface area contributed by atoms with Gasteiger partial charge in [-0.2, -0.15) is 0 Å². The van der Waals surface area contributed by atoms with Gasteiger partial charge in [-0.1, -0.05) is 41.9 Å². The van der Waals surface area contributed by atoms with Crippen molar-refractivity contribution >= 4 is 35.1 Å². The molecule has 24 heavy (non-hydrogen) atoms. The molecule has 2 aromatic rings. The SMILES string of the molecule is O=C1NC(=O)C2(N1)C(=O)N(Cc1ccccc1)c1ccc(Cl)cc12. The number of rotatable bonds is 2. The van der Waals surface area contributed by atoms with Crippen molar-refractivity contribution in [3.8, 4) is 0 Å². The third kappa shape index (κ3) is 1.93. The van der Waals surface area contributed by atoms with Crippen LogP contribution in [0.4, 0.5) is 10.5 Å². The molecule has 1 spiro atoms. The van der Waals surface area contributed by atoms with Crippen LogP contribution in [0.3, 0.4) is 0 Å². The largest absolute Gasteiger partial charge is 0.323 e. The van der Waals surface area contributed by atoms with E-state index in [4.69, 9.17) is 11.6 Å². The molecule has 6 nitrogen and oxygen atoms in total. The summed E-state index contributed by atoms with van der Waals surface area (Å²) in [5.41, 5.74) is 0.116. The number of hydrogen-bond donors (Lipinski definition) is 2. The van der Waals surface area contributed by atoms with Crippen molar-refractivity contribution in [1.82, 2.24) is 10.6 Å². The van der Waals surface area contributed by atoms with Crippen molar-refractivity contribution < 1.29 is 14.4 Å². The second-order valence-electron chi connectivity index (χ2n) is 5.70. The second kappa shape index (κ2) is 5.07. The molecule has 0 saturated carbocycles. The van der Waals surface area contributed by atoms with Gasteiger partial charge in [-0.25, -0.2) is 4.79 Å². The van der Waals surface area contributed by atoms with Gasteiger partial charge in [0.25, 0.3) is 11.8 Å². The first kappa shape index (κ1) is 14.7. The summed E-state index contributed by atoms with van der Waals surface area (Å²) in [7, 11) is 0. The molecular formula is C17H12ClN3O3. The molecule has 2 aliphatic heterocycles. The van der Waals surface area contributed by atoms with Gasteiger partial charge in [0.15, 0.2) is 0 Å². The molecule has 0 bridgehead atoms. The van der Waals surface area contributed by atoms with Crippen LogP contribution in [0.25, 0.3) is 0 Å². The average molecular weight is 342 g/mol. The normalized spacial score (nSPS) is 21.9. The standard InChI is InChI=1S/C17H12ClN3O3/c18-11-6-7-13-12(8-11)17(14(22)19-16(24)20-17)15(23)21(13)9-10-4-2-1-3-5-10/h1-8H,9H2,(H2,19,20,22,24). The maximum atomic E-state index is 13.1. The number of hydrogen-bond acceptors (Lipinski definition) is 3. The zero-order valence-electron chi connectivity index (χ0n) is 12.4. The molecule has 4 amide bonds. The molecule has 0 aliphatic carbocycles. The Morgan fingerprint density at radius 3 is 2.46 bits per heavy atom. The molecule has 1 saturated heterocycles. The number of fused-ring (bicyclic) bond motifs is 2. The summed E-state index contributed by atoms with van der Waals surface area (Å²) in [6, 6.07) is 13.6. The number of carbonyl (C=O) groups excluding carboxylic acids is 3. The van der Waals surface area contributed by atoms with Crippen LogP contribution in [-0.2, 0) is 21.7 Å². The molecule has 0 aromatic heterocycles. The fourth-order valence-electron chi connectivity index (χ4n) is 3.19. The second-order valence-corrected chi connectivity index (χ2v) is 6.13. The lowest BCUT2D eigenvalue weighted by Gasteiger charge is -2.21. The lowest BCUT2D eigenvalue weighted by molar-refractivity contribution is -0.134. The monoisotopic (exact) mass is 341 g/mol. The zero-order valence-corrected chi connectivity index (χ0v) is 13.1. The highest BCUT2D eigenvalue weighted by molar-refractivity contribution is 6.32. The van der Waals surface area contributed by atoms with E-state index in [9.17, 15) is 14.4 Å². The van der Waals surface area contributed by atoms with E-state index in [1.165, 1.54) is 4.90 Å². The predicted octanol–water partition coefficient (Wildman–Crippen LogP) is 1.92. The summed E-state index contributed by atoms with van der Waals surface area (Å²) in [6.45, 7) is 0.291. The first-order valence-corrected chi connectivity index (χ1v) is 7.70. The number of benzene rings is 2. The Bertz CT molecular complexity index is 884. The Morgan fingerprint density at radius 2 is 1.79 bits per heavy atom. The van der Waals surface area contributed by atoms with Crippen molar-refractivity contribution in [2.45, 2.75) is 12.1 Å². The van der Waals surface area contributed by atoms with E-state index < -0.39 is 23.4 Å². The van der Waals surface area contributed by atoms with Crippen molar-refractivity contribution in [2.24, 2.45) is 0 Å². The van der Waals surface area contributed by atoms with Gasteiger partial charge >= 0.3 is 6.03 Å². The first-order valence-electron chi connectivity index (χ1n) is 7.32. The number of imide groups is 1. The topological polar surface area (TPSA) is 78.5 Å². The highest BCUT2D eigenvalue weighted by atomic mass is 35.5. The Morgan fingerprint density at radius 1 is 1.04 bits per heavy atom. The Hall–Kier alpha value is -2.86. The Labute approximate surface area is 142 Å². The van der Waals surface area contributed by atoms with Crippen molar-refractivity contribution in [1.29, 1.82) is 0 Å². The number of anilines is 1. The van der Waals surface area contributed by atoms with Crippen molar-refractivity contribution in [3.05, 3.63) is 64.7 Å². The Kier molecular flexibility index (Phi) is 3.11. The van der Waals surface area contributed by atoms with E-state index in [-0.39, 0.29) is 0 Å². The predicted molar refractivity (Wildman–Crippen MR) is 87.4 cm³/mol. The number of nitrogens with one attached hydrogen (secondary N) is 2. The minimum absolute atomic E-state index is 0.291. The molecule has 1 fully saturated rings. The highest BCUT2D eigenvalue weighted by Gasteiger charge is 2.61. The summed E-state index contributed by atoms with van der Waals surface area (Å²) < 4.78 is 0. The quantitative estimate of drug-likeness (QED) is 0.647. The van der Waals surface area contributed by atoms with Crippen LogP contribution in [0, 0.1) is 0 Å². The summed E-state index contributed by atoms with van der Waals surface area (Å²) in [4.78, 5) is 38.6. The zero-order chi connectivity index (χ0) is 16.9. The molecule has 1 atom stereocenters. The summed E-state index contributed by atoms with van der Waals surface area (Å²) >= 11 is 6.05. The molecule has 2 aromatic carbocycles. The van der Waals surface area contributed by atoms with E-state index in [0.29, 0.717) is 22.8 Å². The molecule has 2 aliphatic rings. The molecule has 0 radical (unpaired) electrons. The van der Waals surface area contributed by atoms with Crippen LogP contribution in [-0.4, -0.2) is 17.8 Å². The van der Waals surface area contributed by atoms with Gasteiger partial charge in [0, 0.05) is 10.6 Å². The number of carbonyl (C=O) groups is 3. The third-order valence-electron chi connectivity index (χ3n) is 4.27. The van der Waals surface area contributed by atoms with E-state index in [1.807, 2.05) is 30.3 Å². The summed E-state index contributed by atoms with van der Waals surface area (Å²) in [6.07, 6.45) is 0. The van der Waals surface area contributed by atoms with Gasteiger partial charge in [0.05, 0.1) is 12.2 Å². The molecule has 2 N–H and O–H groups in total. The van der Waals surface area contributed by atoms with E-state index in [2.05, 4.69) is 10.6 Å². The maximum Gasteiger partial charge on any atom is 0.323 e. The molecule has 1 unspecified atom stereocenters. The van der Waals surface area contributed by atoms with E-state index >= 15 is 0 Å². The first-order chi connectivity index (χ1) is 11.5. The molecular weight excluding hydrogens is 330 g/mol. The van der Waals surface area contributed by atoms with E-state index in [0.717, 1.165) is 5.56 Å². The maximum absolute atomic E-state index is 13.1. The fourth-order valence-corrected chi connectivity index (χ4v) is 3.36. The van der Waals surface area contributed by atoms with Gasteiger partial charge in [0.2, 0.25) is 5.54 Å². The van der Waals surface area contributed by atoms with Crippen LogP contribution < -0.4 is 15.5 Å². The van der Waals surface area contributed by atoms with Crippen LogP contribution in [0.5, 0.6) is 0 Å².